The maximum Gasteiger partial charge on any atom is 0.254 e. The fraction of sp³-hybridized carbons (Fsp3) is 0.364. The molecule has 0 amide bonds. The average molecular weight is 234 g/mol. The summed E-state index contributed by atoms with van der Waals surface area (Å²) in [5.41, 5.74) is 1.33. The van der Waals surface area contributed by atoms with Crippen LogP contribution in [0, 0.1) is 13.8 Å². The lowest BCUT2D eigenvalue weighted by atomic mass is 10.4. The first-order valence-corrected chi connectivity index (χ1v) is 5.18. The van der Waals surface area contributed by atoms with Crippen molar-refractivity contribution in [2.75, 3.05) is 7.11 Å². The fourth-order valence-corrected chi connectivity index (χ4v) is 1.59. The highest BCUT2D eigenvalue weighted by molar-refractivity contribution is 5.25. The average Bonchev–Trinajstić information content (AvgIpc) is 2.64. The summed E-state index contributed by atoms with van der Waals surface area (Å²) in [6.45, 7) is 3.63. The predicted octanol–water partition coefficient (Wildman–Crippen LogP) is 0.591. The van der Waals surface area contributed by atoms with E-state index in [4.69, 9.17) is 4.74 Å². The second kappa shape index (κ2) is 4.04. The van der Waals surface area contributed by atoms with E-state index in [0.717, 1.165) is 5.69 Å². The Labute approximate surface area is 98.5 Å². The van der Waals surface area contributed by atoms with Crippen molar-refractivity contribution in [3.8, 4) is 11.8 Å². The molecule has 0 saturated carbocycles. The van der Waals surface area contributed by atoms with Crippen molar-refractivity contribution < 1.29 is 4.74 Å². The summed E-state index contributed by atoms with van der Waals surface area (Å²) >= 11 is 0. The Morgan fingerprint density at radius 2 is 1.94 bits per heavy atom. The molecule has 0 aliphatic rings. The van der Waals surface area contributed by atoms with Crippen molar-refractivity contribution in [3.05, 3.63) is 33.9 Å². The number of nitrogens with zero attached hydrogens (tertiary/aromatic N) is 4. The van der Waals surface area contributed by atoms with Gasteiger partial charge in [0.25, 0.3) is 5.56 Å². The highest BCUT2D eigenvalue weighted by Gasteiger charge is 2.12. The van der Waals surface area contributed by atoms with Gasteiger partial charge in [0.2, 0.25) is 11.8 Å². The maximum absolute atomic E-state index is 11.7. The standard InChI is InChI=1S/C11H14N4O2/c1-7-5-9(16)14(3)11(12-7)15-10(17-4)6-8(2)13-15/h5-6H,1-4H3. The Bertz CT molecular complexity index is 612. The van der Waals surface area contributed by atoms with Crippen LogP contribution >= 0.6 is 0 Å². The number of hydrogen-bond acceptors (Lipinski definition) is 4. The number of aryl methyl sites for hydroxylation is 2. The van der Waals surface area contributed by atoms with Gasteiger partial charge in [-0.25, -0.2) is 4.98 Å². The molecule has 0 aliphatic heterocycles. The number of hydrogen-bond donors (Lipinski definition) is 0. The molecule has 0 saturated heterocycles. The Morgan fingerprint density at radius 1 is 1.24 bits per heavy atom. The molecule has 0 unspecified atom stereocenters. The third-order valence-corrected chi connectivity index (χ3v) is 2.44. The van der Waals surface area contributed by atoms with Crippen molar-refractivity contribution in [1.29, 1.82) is 0 Å². The topological polar surface area (TPSA) is 61.9 Å². The first kappa shape index (κ1) is 11.4. The molecule has 6 nitrogen and oxygen atoms in total. The van der Waals surface area contributed by atoms with Gasteiger partial charge in [-0.3, -0.25) is 9.36 Å². The fourth-order valence-electron chi connectivity index (χ4n) is 1.59. The molecule has 2 rings (SSSR count). The van der Waals surface area contributed by atoms with Gasteiger partial charge in [-0.2, -0.15) is 9.78 Å². The van der Waals surface area contributed by atoms with Gasteiger partial charge in [-0.05, 0) is 13.8 Å². The minimum Gasteiger partial charge on any atom is -0.481 e. The summed E-state index contributed by atoms with van der Waals surface area (Å²) in [6.07, 6.45) is 0. The third kappa shape index (κ3) is 1.93. The van der Waals surface area contributed by atoms with Gasteiger partial charge >= 0.3 is 0 Å². The summed E-state index contributed by atoms with van der Waals surface area (Å²) in [5, 5.41) is 4.26. The SMILES string of the molecule is COc1cc(C)nn1-c1nc(C)cc(=O)n1C. The van der Waals surface area contributed by atoms with Crippen molar-refractivity contribution >= 4 is 0 Å². The van der Waals surface area contributed by atoms with Gasteiger partial charge in [-0.1, -0.05) is 0 Å². The summed E-state index contributed by atoms with van der Waals surface area (Å²) in [5.74, 6) is 0.996. The summed E-state index contributed by atoms with van der Waals surface area (Å²) in [6, 6.07) is 3.26. The Kier molecular flexibility index (Phi) is 2.71. The van der Waals surface area contributed by atoms with Crippen molar-refractivity contribution in [2.24, 2.45) is 7.05 Å². The van der Waals surface area contributed by atoms with Crippen LogP contribution in [0.15, 0.2) is 16.9 Å². The smallest absolute Gasteiger partial charge is 0.254 e. The van der Waals surface area contributed by atoms with E-state index >= 15 is 0 Å². The van der Waals surface area contributed by atoms with Crippen LogP contribution in [0.25, 0.3) is 5.95 Å². The summed E-state index contributed by atoms with van der Waals surface area (Å²) < 4.78 is 8.15. The van der Waals surface area contributed by atoms with E-state index < -0.39 is 0 Å². The van der Waals surface area contributed by atoms with Crippen LogP contribution < -0.4 is 10.3 Å². The lowest BCUT2D eigenvalue weighted by Gasteiger charge is -2.09. The lowest BCUT2D eigenvalue weighted by molar-refractivity contribution is 0.379. The van der Waals surface area contributed by atoms with Gasteiger partial charge < -0.3 is 4.74 Å². The molecular formula is C11H14N4O2. The number of rotatable bonds is 2. The molecule has 6 heteroatoms. The zero-order chi connectivity index (χ0) is 12.6. The first-order chi connectivity index (χ1) is 8.02. The van der Waals surface area contributed by atoms with E-state index in [2.05, 4.69) is 10.1 Å². The minimum absolute atomic E-state index is 0.122. The normalized spacial score (nSPS) is 10.6. The molecule has 0 fully saturated rings. The van der Waals surface area contributed by atoms with Gasteiger partial charge in [-0.15, -0.1) is 0 Å². The van der Waals surface area contributed by atoms with Crippen LogP contribution in [0.1, 0.15) is 11.4 Å². The monoisotopic (exact) mass is 234 g/mol. The van der Waals surface area contributed by atoms with Crippen molar-refractivity contribution in [2.45, 2.75) is 13.8 Å². The molecule has 2 heterocycles. The molecule has 0 atom stereocenters. The van der Waals surface area contributed by atoms with Gasteiger partial charge in [0.05, 0.1) is 12.8 Å². The molecular weight excluding hydrogens is 220 g/mol. The van der Waals surface area contributed by atoms with Crippen LogP contribution in [0.3, 0.4) is 0 Å². The van der Waals surface area contributed by atoms with E-state index in [-0.39, 0.29) is 5.56 Å². The zero-order valence-corrected chi connectivity index (χ0v) is 10.3. The van der Waals surface area contributed by atoms with E-state index in [9.17, 15) is 4.79 Å². The molecule has 17 heavy (non-hydrogen) atoms. The van der Waals surface area contributed by atoms with Crippen LogP contribution in [0.4, 0.5) is 0 Å². The Hall–Kier alpha value is -2.11. The Balaban J connectivity index is 2.71. The molecule has 0 aromatic carbocycles. The molecule has 0 spiro atoms. The van der Waals surface area contributed by atoms with E-state index in [1.54, 1.807) is 27.1 Å². The highest BCUT2D eigenvalue weighted by Crippen LogP contribution is 2.16. The molecule has 0 aliphatic carbocycles. The minimum atomic E-state index is -0.122. The summed E-state index contributed by atoms with van der Waals surface area (Å²) in [7, 11) is 3.21. The second-order valence-electron chi connectivity index (χ2n) is 3.83. The van der Waals surface area contributed by atoms with Crippen molar-refractivity contribution in [3.63, 3.8) is 0 Å². The summed E-state index contributed by atoms with van der Waals surface area (Å²) in [4.78, 5) is 16.0. The molecule has 2 aromatic rings. The first-order valence-electron chi connectivity index (χ1n) is 5.18. The lowest BCUT2D eigenvalue weighted by Crippen LogP contribution is -2.23. The molecule has 0 bridgehead atoms. The predicted molar refractivity (Wildman–Crippen MR) is 62.6 cm³/mol. The number of ether oxygens (including phenoxy) is 1. The van der Waals surface area contributed by atoms with Gasteiger partial charge in [0.15, 0.2) is 0 Å². The molecule has 0 N–H and O–H groups in total. The zero-order valence-electron chi connectivity index (χ0n) is 10.3. The Morgan fingerprint density at radius 3 is 2.59 bits per heavy atom. The van der Waals surface area contributed by atoms with Gasteiger partial charge in [0.1, 0.15) is 0 Å². The van der Waals surface area contributed by atoms with Crippen LogP contribution in [0.5, 0.6) is 5.88 Å². The van der Waals surface area contributed by atoms with Crippen LogP contribution in [0.2, 0.25) is 0 Å². The largest absolute Gasteiger partial charge is 0.481 e. The highest BCUT2D eigenvalue weighted by atomic mass is 16.5. The van der Waals surface area contributed by atoms with Crippen LogP contribution in [-0.4, -0.2) is 26.4 Å². The van der Waals surface area contributed by atoms with E-state index in [0.29, 0.717) is 17.5 Å². The van der Waals surface area contributed by atoms with E-state index in [1.165, 1.54) is 15.3 Å². The quantitative estimate of drug-likeness (QED) is 0.763. The van der Waals surface area contributed by atoms with E-state index in [1.807, 2.05) is 6.92 Å². The second-order valence-corrected chi connectivity index (χ2v) is 3.83. The van der Waals surface area contributed by atoms with Gasteiger partial charge in [0, 0.05) is 24.9 Å². The number of aromatic nitrogens is 4. The van der Waals surface area contributed by atoms with Crippen molar-refractivity contribution in [1.82, 2.24) is 19.3 Å². The molecule has 90 valence electrons. The number of methoxy groups -OCH3 is 1. The molecule has 0 radical (unpaired) electrons. The molecule has 2 aromatic heterocycles. The third-order valence-electron chi connectivity index (χ3n) is 2.44. The maximum atomic E-state index is 11.7. The van der Waals surface area contributed by atoms with Crippen LogP contribution in [-0.2, 0) is 7.05 Å².